The molecule has 2 heterocycles. The number of aromatic nitrogens is 1. The average molecular weight is 450 g/mol. The summed E-state index contributed by atoms with van der Waals surface area (Å²) in [6.07, 6.45) is -3.24. The Morgan fingerprint density at radius 1 is 1.10 bits per heavy atom. The quantitative estimate of drug-likeness (QED) is 0.517. The summed E-state index contributed by atoms with van der Waals surface area (Å²) < 4.78 is 40.9. The smallest absolute Gasteiger partial charge is 0.406 e. The zero-order chi connectivity index (χ0) is 22.3. The molecule has 0 radical (unpaired) electrons. The van der Waals surface area contributed by atoms with Gasteiger partial charge in [0.05, 0.1) is 16.2 Å². The lowest BCUT2D eigenvalue weighted by Gasteiger charge is -2.20. The molecule has 1 atom stereocenters. The molecule has 3 aromatic rings. The number of rotatable bonds is 4. The first-order chi connectivity index (χ1) is 14.7. The van der Waals surface area contributed by atoms with E-state index in [2.05, 4.69) is 9.72 Å². The van der Waals surface area contributed by atoms with Gasteiger partial charge in [0.25, 0.3) is 5.91 Å². The number of hydrogen-bond acceptors (Lipinski definition) is 4. The Bertz CT molecular complexity index is 1160. The Morgan fingerprint density at radius 3 is 2.48 bits per heavy atom. The highest BCUT2D eigenvalue weighted by molar-refractivity contribution is 6.35. The molecule has 4 rings (SSSR count). The molecule has 1 aromatic heterocycles. The highest BCUT2D eigenvalue weighted by atomic mass is 35.5. The Kier molecular flexibility index (Phi) is 5.22. The molecule has 0 bridgehead atoms. The van der Waals surface area contributed by atoms with E-state index in [9.17, 15) is 22.8 Å². The molecule has 0 saturated carbocycles. The molecule has 10 heteroatoms. The standard InChI is InChI=1S/C21H15ClF3N3O3/c1-12-19(29)28(14-5-7-15(8-6-14)31-21(23,24)25)20(30)27(12)11-13-9-10-26-17-4-2-3-16(22)18(13)17/h2-10,12H,11H2,1H3. The van der Waals surface area contributed by atoms with Gasteiger partial charge in [-0.2, -0.15) is 0 Å². The number of ether oxygens (including phenoxy) is 1. The maximum Gasteiger partial charge on any atom is 0.573 e. The predicted molar refractivity (Wildman–Crippen MR) is 108 cm³/mol. The van der Waals surface area contributed by atoms with Crippen molar-refractivity contribution in [2.75, 3.05) is 4.90 Å². The lowest BCUT2D eigenvalue weighted by molar-refractivity contribution is -0.274. The number of alkyl halides is 3. The van der Waals surface area contributed by atoms with Crippen molar-refractivity contribution in [3.8, 4) is 5.75 Å². The number of halogens is 4. The first-order valence-electron chi connectivity index (χ1n) is 9.18. The summed E-state index contributed by atoms with van der Waals surface area (Å²) in [6.45, 7) is 1.70. The van der Waals surface area contributed by atoms with Crippen LogP contribution < -0.4 is 9.64 Å². The largest absolute Gasteiger partial charge is 0.573 e. The number of carbonyl (C=O) groups is 2. The first-order valence-corrected chi connectivity index (χ1v) is 9.56. The van der Waals surface area contributed by atoms with Crippen molar-refractivity contribution < 1.29 is 27.5 Å². The Labute approximate surface area is 179 Å². The third-order valence-corrected chi connectivity index (χ3v) is 5.27. The number of nitrogens with zero attached hydrogens (tertiary/aromatic N) is 3. The van der Waals surface area contributed by atoms with Crippen molar-refractivity contribution in [3.63, 3.8) is 0 Å². The zero-order valence-corrected chi connectivity index (χ0v) is 16.8. The molecule has 1 fully saturated rings. The minimum absolute atomic E-state index is 0.111. The van der Waals surface area contributed by atoms with Crippen molar-refractivity contribution >= 4 is 40.1 Å². The fraction of sp³-hybridized carbons (Fsp3) is 0.190. The van der Waals surface area contributed by atoms with Gasteiger partial charge in [-0.3, -0.25) is 9.78 Å². The fourth-order valence-corrected chi connectivity index (χ4v) is 3.78. The van der Waals surface area contributed by atoms with Crippen LogP contribution in [0.3, 0.4) is 0 Å². The van der Waals surface area contributed by atoms with Crippen LogP contribution in [-0.2, 0) is 11.3 Å². The maximum atomic E-state index is 13.0. The highest BCUT2D eigenvalue weighted by Crippen LogP contribution is 2.32. The van der Waals surface area contributed by atoms with E-state index in [0.29, 0.717) is 15.9 Å². The van der Waals surface area contributed by atoms with E-state index in [1.165, 1.54) is 17.0 Å². The second-order valence-corrected chi connectivity index (χ2v) is 7.31. The second kappa shape index (κ2) is 7.73. The molecule has 0 aliphatic carbocycles. The zero-order valence-electron chi connectivity index (χ0n) is 16.1. The van der Waals surface area contributed by atoms with Crippen LogP contribution in [0.15, 0.2) is 54.7 Å². The van der Waals surface area contributed by atoms with Gasteiger partial charge >= 0.3 is 12.4 Å². The van der Waals surface area contributed by atoms with E-state index in [0.717, 1.165) is 22.6 Å². The van der Waals surface area contributed by atoms with Crippen molar-refractivity contribution in [2.45, 2.75) is 25.9 Å². The van der Waals surface area contributed by atoms with E-state index >= 15 is 0 Å². The molecule has 6 nitrogen and oxygen atoms in total. The van der Waals surface area contributed by atoms with Gasteiger partial charge in [0.15, 0.2) is 0 Å². The first kappa shape index (κ1) is 20.9. The second-order valence-electron chi connectivity index (χ2n) is 6.91. The SMILES string of the molecule is CC1C(=O)N(c2ccc(OC(F)(F)F)cc2)C(=O)N1Cc1ccnc2cccc(Cl)c12. The summed E-state index contributed by atoms with van der Waals surface area (Å²) in [5.41, 5.74) is 1.53. The summed E-state index contributed by atoms with van der Waals surface area (Å²) in [7, 11) is 0. The van der Waals surface area contributed by atoms with Crippen LogP contribution in [0.2, 0.25) is 5.02 Å². The molecule has 2 aromatic carbocycles. The van der Waals surface area contributed by atoms with Gasteiger partial charge in [0.1, 0.15) is 11.8 Å². The van der Waals surface area contributed by atoms with Crippen molar-refractivity contribution in [1.82, 2.24) is 9.88 Å². The summed E-state index contributed by atoms with van der Waals surface area (Å²) in [5.74, 6) is -0.933. The molecule has 0 N–H and O–H groups in total. The molecule has 3 amide bonds. The van der Waals surface area contributed by atoms with Crippen LogP contribution in [0.25, 0.3) is 10.9 Å². The molecular weight excluding hydrogens is 435 g/mol. The summed E-state index contributed by atoms with van der Waals surface area (Å²) in [5, 5.41) is 1.16. The number of anilines is 1. The van der Waals surface area contributed by atoms with E-state index in [4.69, 9.17) is 11.6 Å². The van der Waals surface area contributed by atoms with Crippen molar-refractivity contribution in [1.29, 1.82) is 0 Å². The number of pyridine rings is 1. The van der Waals surface area contributed by atoms with Crippen molar-refractivity contribution in [2.24, 2.45) is 0 Å². The van der Waals surface area contributed by atoms with E-state index < -0.39 is 30.1 Å². The van der Waals surface area contributed by atoms with Gasteiger partial charge in [0, 0.05) is 18.1 Å². The van der Waals surface area contributed by atoms with E-state index in [-0.39, 0.29) is 12.2 Å². The number of benzene rings is 2. The number of urea groups is 1. The maximum absolute atomic E-state index is 13.0. The molecule has 1 aliphatic rings. The molecule has 160 valence electrons. The molecule has 1 saturated heterocycles. The number of imide groups is 1. The van der Waals surface area contributed by atoms with E-state index in [1.54, 1.807) is 37.4 Å². The summed E-state index contributed by atoms with van der Waals surface area (Å²) in [4.78, 5) is 32.4. The van der Waals surface area contributed by atoms with Crippen LogP contribution in [0, 0.1) is 0 Å². The molecule has 1 unspecified atom stereocenters. The molecule has 1 aliphatic heterocycles. The molecular formula is C21H15ClF3N3O3. The third-order valence-electron chi connectivity index (χ3n) is 4.95. The lowest BCUT2D eigenvalue weighted by atomic mass is 10.1. The normalized spacial score (nSPS) is 17.0. The minimum Gasteiger partial charge on any atom is -0.406 e. The number of fused-ring (bicyclic) bond motifs is 1. The Balaban J connectivity index is 1.61. The fourth-order valence-electron chi connectivity index (χ4n) is 3.49. The van der Waals surface area contributed by atoms with Crippen LogP contribution in [0.5, 0.6) is 5.75 Å². The summed E-state index contributed by atoms with van der Waals surface area (Å²) >= 11 is 6.32. The van der Waals surface area contributed by atoms with E-state index in [1.807, 2.05) is 0 Å². The van der Waals surface area contributed by atoms with Crippen LogP contribution >= 0.6 is 11.6 Å². The van der Waals surface area contributed by atoms with Crippen LogP contribution in [0.4, 0.5) is 23.7 Å². The molecule has 31 heavy (non-hydrogen) atoms. The van der Waals surface area contributed by atoms with Gasteiger partial charge in [-0.05, 0) is 55.0 Å². The predicted octanol–water partition coefficient (Wildman–Crippen LogP) is 5.14. The Hall–Kier alpha value is -3.33. The topological polar surface area (TPSA) is 62.7 Å². The monoisotopic (exact) mass is 449 g/mol. The van der Waals surface area contributed by atoms with Crippen LogP contribution in [-0.4, -0.2) is 34.2 Å². The highest BCUT2D eigenvalue weighted by Gasteiger charge is 2.43. The minimum atomic E-state index is -4.83. The van der Waals surface area contributed by atoms with Gasteiger partial charge in [-0.25, -0.2) is 9.69 Å². The molecule has 0 spiro atoms. The van der Waals surface area contributed by atoms with Gasteiger partial charge in [-0.1, -0.05) is 17.7 Å². The summed E-state index contributed by atoms with van der Waals surface area (Å²) in [6, 6.07) is 10.2. The average Bonchev–Trinajstić information content (AvgIpc) is 2.91. The van der Waals surface area contributed by atoms with Gasteiger partial charge in [-0.15, -0.1) is 13.2 Å². The van der Waals surface area contributed by atoms with Gasteiger partial charge < -0.3 is 9.64 Å². The Morgan fingerprint density at radius 2 is 1.81 bits per heavy atom. The van der Waals surface area contributed by atoms with Gasteiger partial charge in [0.2, 0.25) is 0 Å². The van der Waals surface area contributed by atoms with Crippen LogP contribution in [0.1, 0.15) is 12.5 Å². The van der Waals surface area contributed by atoms with Crippen molar-refractivity contribution in [3.05, 3.63) is 65.3 Å². The number of hydrogen-bond donors (Lipinski definition) is 0. The third kappa shape index (κ3) is 4.00. The lowest BCUT2D eigenvalue weighted by Crippen LogP contribution is -2.33. The number of carbonyl (C=O) groups excluding carboxylic acids is 2. The number of amides is 3.